The van der Waals surface area contributed by atoms with Crippen LogP contribution in [0.4, 0.5) is 0 Å². The normalized spacial score (nSPS) is 20.0. The van der Waals surface area contributed by atoms with Crippen LogP contribution < -0.4 is 5.32 Å². The largest absolute Gasteiger partial charge is 0.373 e. The van der Waals surface area contributed by atoms with Gasteiger partial charge in [0.1, 0.15) is 0 Å². The van der Waals surface area contributed by atoms with Crippen molar-refractivity contribution in [3.63, 3.8) is 0 Å². The monoisotopic (exact) mass is 428 g/mol. The summed E-state index contributed by atoms with van der Waals surface area (Å²) in [4.78, 5) is 22.2. The summed E-state index contributed by atoms with van der Waals surface area (Å²) in [5, 5.41) is 7.76. The maximum atomic E-state index is 13.0. The number of nitrogens with one attached hydrogen (secondary N) is 1. The number of morpholine rings is 1. The number of carbonyl (C=O) groups excluding carboxylic acids is 1. The Morgan fingerprint density at radius 3 is 2.73 bits per heavy atom. The van der Waals surface area contributed by atoms with Gasteiger partial charge in [-0.3, -0.25) is 9.69 Å². The van der Waals surface area contributed by atoms with Crippen molar-refractivity contribution in [2.24, 2.45) is 0 Å². The van der Waals surface area contributed by atoms with Crippen LogP contribution in [0.1, 0.15) is 41.2 Å². The van der Waals surface area contributed by atoms with Crippen LogP contribution in [-0.2, 0) is 4.74 Å². The van der Waals surface area contributed by atoms with E-state index in [0.29, 0.717) is 28.9 Å². The van der Waals surface area contributed by atoms with E-state index in [2.05, 4.69) is 41.1 Å². The van der Waals surface area contributed by atoms with Gasteiger partial charge in [-0.1, -0.05) is 5.16 Å². The van der Waals surface area contributed by atoms with Gasteiger partial charge in [0.2, 0.25) is 0 Å². The molecule has 2 unspecified atom stereocenters. The van der Waals surface area contributed by atoms with Crippen LogP contribution in [0.3, 0.4) is 0 Å². The van der Waals surface area contributed by atoms with Crippen LogP contribution in [-0.4, -0.2) is 59.3 Å². The molecular weight excluding hydrogens is 400 g/mol. The maximum absolute atomic E-state index is 13.0. The lowest BCUT2D eigenvalue weighted by molar-refractivity contribution is -0.0679. The molecule has 160 valence electrons. The summed E-state index contributed by atoms with van der Waals surface area (Å²) in [7, 11) is 0. The van der Waals surface area contributed by atoms with Gasteiger partial charge in [0.15, 0.2) is 0 Å². The molecule has 1 saturated heterocycles. The zero-order valence-electron chi connectivity index (χ0n) is 17.9. The number of rotatable bonds is 6. The fourth-order valence-electron chi connectivity index (χ4n) is 4.04. The van der Waals surface area contributed by atoms with Crippen LogP contribution >= 0.6 is 11.3 Å². The van der Waals surface area contributed by atoms with Crippen LogP contribution in [0.25, 0.3) is 21.7 Å². The first-order chi connectivity index (χ1) is 14.4. The number of nitrogens with zero attached hydrogens (tertiary/aromatic N) is 3. The summed E-state index contributed by atoms with van der Waals surface area (Å²) in [6.45, 7) is 11.5. The van der Waals surface area contributed by atoms with Gasteiger partial charge >= 0.3 is 0 Å². The number of aryl methyl sites for hydroxylation is 2. The minimum absolute atomic E-state index is 0.119. The first-order valence-corrected chi connectivity index (χ1v) is 11.2. The van der Waals surface area contributed by atoms with Gasteiger partial charge in [-0.2, -0.15) is 0 Å². The van der Waals surface area contributed by atoms with Crippen molar-refractivity contribution in [1.29, 1.82) is 0 Å². The second-order valence-electron chi connectivity index (χ2n) is 8.04. The summed E-state index contributed by atoms with van der Waals surface area (Å²) in [5.74, 6) is -0.119. The third-order valence-electron chi connectivity index (χ3n) is 5.29. The van der Waals surface area contributed by atoms with Crippen LogP contribution in [0.5, 0.6) is 0 Å². The van der Waals surface area contributed by atoms with Gasteiger partial charge in [-0.05, 0) is 52.3 Å². The van der Waals surface area contributed by atoms with E-state index in [-0.39, 0.29) is 18.1 Å². The third-order valence-corrected chi connectivity index (χ3v) is 6.31. The quantitative estimate of drug-likeness (QED) is 0.602. The summed E-state index contributed by atoms with van der Waals surface area (Å²) in [5.41, 5.74) is 2.37. The summed E-state index contributed by atoms with van der Waals surface area (Å²) >= 11 is 1.64. The van der Waals surface area contributed by atoms with Gasteiger partial charge < -0.3 is 14.6 Å². The van der Waals surface area contributed by atoms with E-state index in [4.69, 9.17) is 9.26 Å². The molecule has 3 aromatic heterocycles. The Kier molecular flexibility index (Phi) is 6.17. The van der Waals surface area contributed by atoms with Crippen LogP contribution in [0.2, 0.25) is 0 Å². The van der Waals surface area contributed by atoms with E-state index in [1.54, 1.807) is 11.3 Å². The highest BCUT2D eigenvalue weighted by Gasteiger charge is 2.22. The molecule has 1 fully saturated rings. The highest BCUT2D eigenvalue weighted by molar-refractivity contribution is 7.15. The molecule has 1 aliphatic rings. The number of hydrogen-bond donors (Lipinski definition) is 1. The Labute approximate surface area is 180 Å². The van der Waals surface area contributed by atoms with E-state index >= 15 is 0 Å². The van der Waals surface area contributed by atoms with Crippen molar-refractivity contribution in [2.75, 3.05) is 26.2 Å². The van der Waals surface area contributed by atoms with Crippen molar-refractivity contribution in [3.8, 4) is 10.6 Å². The zero-order valence-corrected chi connectivity index (χ0v) is 18.7. The Bertz CT molecular complexity index is 1030. The van der Waals surface area contributed by atoms with Crippen molar-refractivity contribution in [1.82, 2.24) is 20.4 Å². The molecule has 1 N–H and O–H groups in total. The van der Waals surface area contributed by atoms with Crippen LogP contribution in [0.15, 0.2) is 22.7 Å². The van der Waals surface area contributed by atoms with Crippen molar-refractivity contribution in [3.05, 3.63) is 34.3 Å². The molecule has 4 heterocycles. The van der Waals surface area contributed by atoms with Crippen LogP contribution in [0, 0.1) is 13.8 Å². The summed E-state index contributed by atoms with van der Waals surface area (Å²) in [6.07, 6.45) is 1.40. The Balaban J connectivity index is 1.45. The second kappa shape index (κ2) is 8.83. The van der Waals surface area contributed by atoms with E-state index < -0.39 is 0 Å². The molecule has 7 nitrogen and oxygen atoms in total. The standard InChI is InChI=1S/C22H28N4O3S/c1-13-11-26(12-14(2)28-13)9-5-8-23-21(27)17-10-18(19-7-6-15(3)30-19)24-22-20(17)16(4)25-29-22/h6-7,10,13-14H,5,8-9,11-12H2,1-4H3,(H,23,27). The average molecular weight is 429 g/mol. The number of aromatic nitrogens is 2. The van der Waals surface area contributed by atoms with Crippen molar-refractivity contribution < 1.29 is 14.1 Å². The molecule has 1 amide bonds. The number of hydrogen-bond acceptors (Lipinski definition) is 7. The predicted molar refractivity (Wildman–Crippen MR) is 118 cm³/mol. The van der Waals surface area contributed by atoms with Gasteiger partial charge in [-0.25, -0.2) is 4.98 Å². The van der Waals surface area contributed by atoms with Gasteiger partial charge in [0.05, 0.1) is 39.4 Å². The minimum atomic E-state index is -0.119. The number of amides is 1. The van der Waals surface area contributed by atoms with Gasteiger partial charge in [0, 0.05) is 31.1 Å². The molecule has 0 bridgehead atoms. The molecule has 0 radical (unpaired) electrons. The molecule has 0 saturated carbocycles. The molecule has 4 rings (SSSR count). The minimum Gasteiger partial charge on any atom is -0.373 e. The number of carbonyl (C=O) groups is 1. The Morgan fingerprint density at radius 2 is 2.03 bits per heavy atom. The number of fused-ring (bicyclic) bond motifs is 1. The van der Waals surface area contributed by atoms with Crippen molar-refractivity contribution in [2.45, 2.75) is 46.3 Å². The number of thiophene rings is 1. The second-order valence-corrected chi connectivity index (χ2v) is 9.33. The Morgan fingerprint density at radius 1 is 1.27 bits per heavy atom. The molecule has 0 spiro atoms. The predicted octanol–water partition coefficient (Wildman–Crippen LogP) is 3.80. The molecule has 30 heavy (non-hydrogen) atoms. The van der Waals surface area contributed by atoms with E-state index in [1.165, 1.54) is 4.88 Å². The molecule has 0 aliphatic carbocycles. The summed E-state index contributed by atoms with van der Waals surface area (Å²) in [6, 6.07) is 5.91. The average Bonchev–Trinajstić information content (AvgIpc) is 3.29. The van der Waals surface area contributed by atoms with Gasteiger partial charge in [-0.15, -0.1) is 11.3 Å². The lowest BCUT2D eigenvalue weighted by Gasteiger charge is -2.35. The molecular formula is C22H28N4O3S. The molecule has 0 aromatic carbocycles. The lowest BCUT2D eigenvalue weighted by atomic mass is 10.1. The maximum Gasteiger partial charge on any atom is 0.259 e. The first-order valence-electron chi connectivity index (χ1n) is 10.4. The molecule has 8 heteroatoms. The van der Waals surface area contributed by atoms with Crippen molar-refractivity contribution >= 4 is 28.3 Å². The fraction of sp³-hybridized carbons (Fsp3) is 0.500. The number of pyridine rings is 1. The highest BCUT2D eigenvalue weighted by Crippen LogP contribution is 2.31. The highest BCUT2D eigenvalue weighted by atomic mass is 32.1. The van der Waals surface area contributed by atoms with E-state index in [1.807, 2.05) is 25.1 Å². The topological polar surface area (TPSA) is 80.5 Å². The van der Waals surface area contributed by atoms with E-state index in [9.17, 15) is 4.79 Å². The Hall–Kier alpha value is -2.29. The molecule has 2 atom stereocenters. The lowest BCUT2D eigenvalue weighted by Crippen LogP contribution is -2.46. The number of ether oxygens (including phenoxy) is 1. The zero-order chi connectivity index (χ0) is 21.3. The molecule has 1 aliphatic heterocycles. The third kappa shape index (κ3) is 4.55. The smallest absolute Gasteiger partial charge is 0.259 e. The summed E-state index contributed by atoms with van der Waals surface area (Å²) < 4.78 is 11.2. The van der Waals surface area contributed by atoms with E-state index in [0.717, 1.165) is 36.6 Å². The van der Waals surface area contributed by atoms with Gasteiger partial charge in [0.25, 0.3) is 11.6 Å². The molecule has 3 aromatic rings. The SMILES string of the molecule is Cc1ccc(-c2cc(C(=O)NCCCN3CC(C)OC(C)C3)c3c(C)noc3n2)s1. The fourth-order valence-corrected chi connectivity index (χ4v) is 4.87. The first kappa shape index (κ1) is 21.0.